The van der Waals surface area contributed by atoms with Crippen molar-refractivity contribution < 1.29 is 14.0 Å². The van der Waals surface area contributed by atoms with E-state index >= 15 is 0 Å². The van der Waals surface area contributed by atoms with E-state index in [1.165, 1.54) is 12.1 Å². The van der Waals surface area contributed by atoms with E-state index < -0.39 is 5.82 Å². The number of fused-ring (bicyclic) bond motifs is 1. The molecule has 0 atom stereocenters. The Bertz CT molecular complexity index is 1080. The molecule has 2 amide bonds. The summed E-state index contributed by atoms with van der Waals surface area (Å²) in [5.41, 5.74) is 1.65. The first-order chi connectivity index (χ1) is 13.5. The predicted octanol–water partition coefficient (Wildman–Crippen LogP) is 4.32. The lowest BCUT2D eigenvalue weighted by Crippen LogP contribution is -2.50. The average Bonchev–Trinajstić information content (AvgIpc) is 3.04. The highest BCUT2D eigenvalue weighted by Gasteiger charge is 2.28. The molecule has 5 nitrogen and oxygen atoms in total. The molecule has 0 spiro atoms. The number of carbonyl (C=O) groups is 2. The number of aromatic amines is 1. The van der Waals surface area contributed by atoms with Crippen LogP contribution in [0.25, 0.3) is 10.9 Å². The van der Waals surface area contributed by atoms with E-state index in [1.54, 1.807) is 9.80 Å². The minimum absolute atomic E-state index is 0.0884. The van der Waals surface area contributed by atoms with Crippen molar-refractivity contribution in [2.45, 2.75) is 0 Å². The van der Waals surface area contributed by atoms with Gasteiger partial charge in [0.15, 0.2) is 0 Å². The summed E-state index contributed by atoms with van der Waals surface area (Å²) < 4.78 is 13.9. The second kappa shape index (κ2) is 7.56. The molecule has 0 unspecified atom stereocenters. The van der Waals surface area contributed by atoms with Crippen LogP contribution in [0.1, 0.15) is 20.8 Å². The maximum atomic E-state index is 13.2. The molecule has 2 heterocycles. The Morgan fingerprint density at radius 1 is 1.00 bits per heavy atom. The van der Waals surface area contributed by atoms with Crippen LogP contribution in [0.3, 0.4) is 0 Å². The molecular formula is C20H16BrClFN3O2. The second-order valence-electron chi connectivity index (χ2n) is 6.57. The number of hydrogen-bond acceptors (Lipinski definition) is 2. The maximum Gasteiger partial charge on any atom is 0.271 e. The van der Waals surface area contributed by atoms with Crippen molar-refractivity contribution in [1.29, 1.82) is 0 Å². The van der Waals surface area contributed by atoms with Crippen molar-refractivity contribution in [2.75, 3.05) is 26.2 Å². The number of halogens is 3. The van der Waals surface area contributed by atoms with Gasteiger partial charge in [-0.2, -0.15) is 0 Å². The summed E-state index contributed by atoms with van der Waals surface area (Å²) in [7, 11) is 0. The minimum atomic E-state index is -0.485. The number of nitrogens with zero attached hydrogens (tertiary/aromatic N) is 2. The molecule has 4 rings (SSSR count). The van der Waals surface area contributed by atoms with E-state index in [2.05, 4.69) is 20.9 Å². The molecule has 8 heteroatoms. The normalized spacial score (nSPS) is 14.5. The second-order valence-corrected chi connectivity index (χ2v) is 7.77. The van der Waals surface area contributed by atoms with Crippen LogP contribution < -0.4 is 0 Å². The molecule has 0 radical (unpaired) electrons. The Morgan fingerprint density at radius 2 is 1.64 bits per heavy atom. The van der Waals surface area contributed by atoms with Gasteiger partial charge in [0, 0.05) is 37.1 Å². The molecule has 144 valence electrons. The number of aromatic nitrogens is 1. The summed E-state index contributed by atoms with van der Waals surface area (Å²) in [6.45, 7) is 1.59. The van der Waals surface area contributed by atoms with E-state index in [4.69, 9.17) is 11.6 Å². The fraction of sp³-hybridized carbons (Fsp3) is 0.200. The third-order valence-corrected chi connectivity index (χ3v) is 6.01. The van der Waals surface area contributed by atoms with Crippen LogP contribution in [-0.4, -0.2) is 52.8 Å². The lowest BCUT2D eigenvalue weighted by atomic mass is 10.1. The van der Waals surface area contributed by atoms with Crippen LogP contribution >= 0.6 is 27.5 Å². The first-order valence-corrected chi connectivity index (χ1v) is 9.92. The third-order valence-electron chi connectivity index (χ3n) is 4.87. The molecule has 0 saturated carbocycles. The maximum absolute atomic E-state index is 13.2. The molecular weight excluding hydrogens is 449 g/mol. The SMILES string of the molecule is O=C(c1ccc(F)cc1Cl)N1CCN(C(=O)c2[nH]c3ccccc3c2Br)CC1. The van der Waals surface area contributed by atoms with Gasteiger partial charge in [-0.3, -0.25) is 9.59 Å². The Balaban J connectivity index is 1.47. The molecule has 2 aromatic carbocycles. The topological polar surface area (TPSA) is 56.4 Å². The highest BCUT2D eigenvalue weighted by atomic mass is 79.9. The van der Waals surface area contributed by atoms with Gasteiger partial charge in [-0.1, -0.05) is 29.8 Å². The lowest BCUT2D eigenvalue weighted by Gasteiger charge is -2.34. The number of para-hydroxylation sites is 1. The quantitative estimate of drug-likeness (QED) is 0.614. The number of rotatable bonds is 2. The zero-order chi connectivity index (χ0) is 19.8. The first kappa shape index (κ1) is 19.0. The Labute approximate surface area is 174 Å². The zero-order valence-corrected chi connectivity index (χ0v) is 17.1. The van der Waals surface area contributed by atoms with E-state index in [0.717, 1.165) is 21.4 Å². The summed E-state index contributed by atoms with van der Waals surface area (Å²) in [6, 6.07) is 11.4. The number of amides is 2. The number of benzene rings is 2. The standard InChI is InChI=1S/C20H16BrClFN3O2/c21-17-14-3-1-2-4-16(14)24-18(17)20(28)26-9-7-25(8-10-26)19(27)13-6-5-12(23)11-15(13)22/h1-6,11,24H,7-10H2. The van der Waals surface area contributed by atoms with Crippen LogP contribution in [0, 0.1) is 5.82 Å². The smallest absolute Gasteiger partial charge is 0.271 e. The summed E-state index contributed by atoms with van der Waals surface area (Å²) >= 11 is 9.51. The predicted molar refractivity (Wildman–Crippen MR) is 109 cm³/mol. The number of hydrogen-bond donors (Lipinski definition) is 1. The van der Waals surface area contributed by atoms with Gasteiger partial charge in [-0.05, 0) is 40.2 Å². The van der Waals surface area contributed by atoms with Gasteiger partial charge in [0.25, 0.3) is 11.8 Å². The van der Waals surface area contributed by atoms with Crippen molar-refractivity contribution in [1.82, 2.24) is 14.8 Å². The monoisotopic (exact) mass is 463 g/mol. The molecule has 1 saturated heterocycles. The van der Waals surface area contributed by atoms with E-state index in [9.17, 15) is 14.0 Å². The van der Waals surface area contributed by atoms with Gasteiger partial charge in [0.2, 0.25) is 0 Å². The van der Waals surface area contributed by atoms with Crippen molar-refractivity contribution in [3.8, 4) is 0 Å². The van der Waals surface area contributed by atoms with Crippen LogP contribution in [0.4, 0.5) is 4.39 Å². The first-order valence-electron chi connectivity index (χ1n) is 8.75. The Kier molecular flexibility index (Phi) is 5.12. The molecule has 1 aliphatic rings. The largest absolute Gasteiger partial charge is 0.350 e. The van der Waals surface area contributed by atoms with Crippen LogP contribution in [0.5, 0.6) is 0 Å². The molecule has 1 aromatic heterocycles. The van der Waals surface area contributed by atoms with Crippen LogP contribution in [0.2, 0.25) is 5.02 Å². The van der Waals surface area contributed by atoms with E-state index in [0.29, 0.717) is 31.9 Å². The van der Waals surface area contributed by atoms with Gasteiger partial charge in [-0.25, -0.2) is 4.39 Å². The highest BCUT2D eigenvalue weighted by Crippen LogP contribution is 2.29. The van der Waals surface area contributed by atoms with E-state index in [1.807, 2.05) is 24.3 Å². The van der Waals surface area contributed by atoms with Crippen LogP contribution in [-0.2, 0) is 0 Å². The molecule has 0 aliphatic carbocycles. The van der Waals surface area contributed by atoms with Crippen molar-refractivity contribution >= 4 is 50.2 Å². The van der Waals surface area contributed by atoms with Gasteiger partial charge in [-0.15, -0.1) is 0 Å². The van der Waals surface area contributed by atoms with Crippen molar-refractivity contribution in [3.63, 3.8) is 0 Å². The molecule has 28 heavy (non-hydrogen) atoms. The van der Waals surface area contributed by atoms with E-state index in [-0.39, 0.29) is 22.4 Å². The Hall–Kier alpha value is -2.38. The fourth-order valence-electron chi connectivity index (χ4n) is 3.36. The third kappa shape index (κ3) is 3.40. The highest BCUT2D eigenvalue weighted by molar-refractivity contribution is 9.10. The summed E-state index contributed by atoms with van der Waals surface area (Å²) in [5, 5.41) is 1.04. The van der Waals surface area contributed by atoms with Gasteiger partial charge < -0.3 is 14.8 Å². The summed E-state index contributed by atoms with van der Waals surface area (Å²) in [4.78, 5) is 32.1. The molecule has 1 aliphatic heterocycles. The van der Waals surface area contributed by atoms with Crippen LogP contribution in [0.15, 0.2) is 46.9 Å². The molecule has 0 bridgehead atoms. The van der Waals surface area contributed by atoms with Gasteiger partial charge in [0.05, 0.1) is 15.1 Å². The van der Waals surface area contributed by atoms with Crippen molar-refractivity contribution in [2.24, 2.45) is 0 Å². The van der Waals surface area contributed by atoms with Gasteiger partial charge >= 0.3 is 0 Å². The number of nitrogens with one attached hydrogen (secondary N) is 1. The number of piperazine rings is 1. The van der Waals surface area contributed by atoms with Gasteiger partial charge in [0.1, 0.15) is 11.5 Å². The minimum Gasteiger partial charge on any atom is -0.350 e. The fourth-order valence-corrected chi connectivity index (χ4v) is 4.22. The molecule has 3 aromatic rings. The number of carbonyl (C=O) groups excluding carboxylic acids is 2. The van der Waals surface area contributed by atoms with Crippen molar-refractivity contribution in [3.05, 3.63) is 69.0 Å². The summed E-state index contributed by atoms with van der Waals surface area (Å²) in [5.74, 6) is -0.861. The lowest BCUT2D eigenvalue weighted by molar-refractivity contribution is 0.0532. The summed E-state index contributed by atoms with van der Waals surface area (Å²) in [6.07, 6.45) is 0. The zero-order valence-electron chi connectivity index (χ0n) is 14.7. The average molecular weight is 465 g/mol. The Morgan fingerprint density at radius 3 is 2.29 bits per heavy atom. The molecule has 1 N–H and O–H groups in total. The number of H-pyrrole nitrogens is 1. The molecule has 1 fully saturated rings.